The second-order valence-electron chi connectivity index (χ2n) is 3.36. The zero-order valence-electron chi connectivity index (χ0n) is 8.38. The zero-order chi connectivity index (χ0) is 9.68. The highest BCUT2D eigenvalue weighted by molar-refractivity contribution is 5.76. The van der Waals surface area contributed by atoms with Crippen molar-refractivity contribution in [2.24, 2.45) is 0 Å². The Labute approximate surface area is 79.2 Å². The van der Waals surface area contributed by atoms with Crippen LogP contribution in [-0.4, -0.2) is 50.2 Å². The molecule has 1 N–H and O–H groups in total. The number of hydrogen-bond acceptors (Lipinski definition) is 3. The van der Waals surface area contributed by atoms with Gasteiger partial charge in [0.2, 0.25) is 5.91 Å². The van der Waals surface area contributed by atoms with Crippen molar-refractivity contribution < 1.29 is 9.53 Å². The van der Waals surface area contributed by atoms with Crippen LogP contribution >= 0.6 is 0 Å². The molecule has 76 valence electrons. The molecule has 1 heterocycles. The SMILES string of the molecule is CNCCC(=O)N1CCOCC1C. The lowest BCUT2D eigenvalue weighted by atomic mass is 10.2. The van der Waals surface area contributed by atoms with Crippen LogP contribution in [0.15, 0.2) is 0 Å². The fourth-order valence-corrected chi connectivity index (χ4v) is 1.47. The van der Waals surface area contributed by atoms with Crippen LogP contribution in [-0.2, 0) is 9.53 Å². The maximum absolute atomic E-state index is 11.6. The van der Waals surface area contributed by atoms with Gasteiger partial charge >= 0.3 is 0 Å². The van der Waals surface area contributed by atoms with Gasteiger partial charge in [0.25, 0.3) is 0 Å². The van der Waals surface area contributed by atoms with Crippen molar-refractivity contribution in [2.45, 2.75) is 19.4 Å². The molecule has 1 rings (SSSR count). The molecule has 0 saturated carbocycles. The lowest BCUT2D eigenvalue weighted by molar-refractivity contribution is -0.138. The largest absolute Gasteiger partial charge is 0.377 e. The predicted molar refractivity (Wildman–Crippen MR) is 50.5 cm³/mol. The predicted octanol–water partition coefficient (Wildman–Crippen LogP) is -0.157. The first kappa shape index (κ1) is 10.5. The highest BCUT2D eigenvalue weighted by Crippen LogP contribution is 2.07. The summed E-state index contributed by atoms with van der Waals surface area (Å²) in [6.07, 6.45) is 0.584. The maximum Gasteiger partial charge on any atom is 0.224 e. The summed E-state index contributed by atoms with van der Waals surface area (Å²) in [6, 6.07) is 0.234. The molecular formula is C9H18N2O2. The van der Waals surface area contributed by atoms with Gasteiger partial charge in [-0.1, -0.05) is 0 Å². The Kier molecular flexibility index (Phi) is 4.18. The van der Waals surface area contributed by atoms with Crippen LogP contribution in [0.5, 0.6) is 0 Å². The molecule has 1 aliphatic heterocycles. The average Bonchev–Trinajstić information content (AvgIpc) is 2.15. The summed E-state index contributed by atoms with van der Waals surface area (Å²) >= 11 is 0. The van der Waals surface area contributed by atoms with Crippen LogP contribution in [0.4, 0.5) is 0 Å². The molecule has 0 aromatic carbocycles. The first-order valence-corrected chi connectivity index (χ1v) is 4.77. The van der Waals surface area contributed by atoms with Gasteiger partial charge in [0.15, 0.2) is 0 Å². The van der Waals surface area contributed by atoms with Gasteiger partial charge in [-0.15, -0.1) is 0 Å². The van der Waals surface area contributed by atoms with E-state index < -0.39 is 0 Å². The molecule has 1 fully saturated rings. The number of carbonyl (C=O) groups excluding carboxylic acids is 1. The van der Waals surface area contributed by atoms with E-state index in [1.807, 2.05) is 18.9 Å². The Balaban J connectivity index is 2.35. The number of rotatable bonds is 3. The summed E-state index contributed by atoms with van der Waals surface area (Å²) in [6.45, 7) is 4.87. The summed E-state index contributed by atoms with van der Waals surface area (Å²) in [4.78, 5) is 13.5. The molecule has 0 radical (unpaired) electrons. The molecule has 0 bridgehead atoms. The Bertz CT molecular complexity index is 173. The molecule has 0 spiro atoms. The van der Waals surface area contributed by atoms with E-state index in [1.165, 1.54) is 0 Å². The van der Waals surface area contributed by atoms with E-state index in [2.05, 4.69) is 5.32 Å². The summed E-state index contributed by atoms with van der Waals surface area (Å²) in [5, 5.41) is 2.97. The molecular weight excluding hydrogens is 168 g/mol. The van der Waals surface area contributed by atoms with Gasteiger partial charge in [0.1, 0.15) is 0 Å². The van der Waals surface area contributed by atoms with E-state index in [-0.39, 0.29) is 11.9 Å². The third-order valence-corrected chi connectivity index (χ3v) is 2.28. The Hall–Kier alpha value is -0.610. The third-order valence-electron chi connectivity index (χ3n) is 2.28. The van der Waals surface area contributed by atoms with Gasteiger partial charge in [-0.25, -0.2) is 0 Å². The first-order valence-electron chi connectivity index (χ1n) is 4.77. The number of nitrogens with zero attached hydrogens (tertiary/aromatic N) is 1. The van der Waals surface area contributed by atoms with Crippen molar-refractivity contribution in [3.63, 3.8) is 0 Å². The molecule has 0 aromatic rings. The van der Waals surface area contributed by atoms with E-state index in [0.717, 1.165) is 13.1 Å². The van der Waals surface area contributed by atoms with Crippen LogP contribution in [0.1, 0.15) is 13.3 Å². The zero-order valence-corrected chi connectivity index (χ0v) is 8.38. The summed E-state index contributed by atoms with van der Waals surface area (Å²) < 4.78 is 5.26. The van der Waals surface area contributed by atoms with E-state index in [4.69, 9.17) is 4.74 Å². The van der Waals surface area contributed by atoms with Crippen molar-refractivity contribution in [2.75, 3.05) is 33.4 Å². The minimum absolute atomic E-state index is 0.227. The highest BCUT2D eigenvalue weighted by atomic mass is 16.5. The average molecular weight is 186 g/mol. The lowest BCUT2D eigenvalue weighted by Gasteiger charge is -2.33. The van der Waals surface area contributed by atoms with Crippen LogP contribution in [0.25, 0.3) is 0 Å². The van der Waals surface area contributed by atoms with E-state index >= 15 is 0 Å². The van der Waals surface area contributed by atoms with Crippen LogP contribution in [0.3, 0.4) is 0 Å². The number of amides is 1. The molecule has 1 saturated heterocycles. The summed E-state index contributed by atoms with van der Waals surface area (Å²) in [5.74, 6) is 0.227. The minimum atomic E-state index is 0.227. The maximum atomic E-state index is 11.6. The van der Waals surface area contributed by atoms with Crippen molar-refractivity contribution in [1.82, 2.24) is 10.2 Å². The Morgan fingerprint density at radius 3 is 3.08 bits per heavy atom. The minimum Gasteiger partial charge on any atom is -0.377 e. The molecule has 0 aromatic heterocycles. The molecule has 4 nitrogen and oxygen atoms in total. The number of hydrogen-bond donors (Lipinski definition) is 1. The van der Waals surface area contributed by atoms with Crippen molar-refractivity contribution in [3.05, 3.63) is 0 Å². The fourth-order valence-electron chi connectivity index (χ4n) is 1.47. The third kappa shape index (κ3) is 2.97. The molecule has 0 aliphatic carbocycles. The molecule has 1 aliphatic rings. The molecule has 1 amide bonds. The Morgan fingerprint density at radius 1 is 1.69 bits per heavy atom. The Morgan fingerprint density at radius 2 is 2.46 bits per heavy atom. The van der Waals surface area contributed by atoms with Gasteiger partial charge in [-0.2, -0.15) is 0 Å². The number of carbonyl (C=O) groups is 1. The molecule has 13 heavy (non-hydrogen) atoms. The second kappa shape index (κ2) is 5.19. The molecule has 1 unspecified atom stereocenters. The van der Waals surface area contributed by atoms with E-state index in [0.29, 0.717) is 19.6 Å². The summed E-state index contributed by atoms with van der Waals surface area (Å²) in [5.41, 5.74) is 0. The van der Waals surface area contributed by atoms with Gasteiger partial charge in [0, 0.05) is 19.5 Å². The van der Waals surface area contributed by atoms with Crippen molar-refractivity contribution in [1.29, 1.82) is 0 Å². The molecule has 1 atom stereocenters. The second-order valence-corrected chi connectivity index (χ2v) is 3.36. The first-order chi connectivity index (χ1) is 6.25. The van der Waals surface area contributed by atoms with E-state index in [1.54, 1.807) is 0 Å². The number of ether oxygens (including phenoxy) is 1. The number of morpholine rings is 1. The monoisotopic (exact) mass is 186 g/mol. The van der Waals surface area contributed by atoms with Crippen LogP contribution in [0, 0.1) is 0 Å². The normalized spacial score (nSPS) is 23.2. The highest BCUT2D eigenvalue weighted by Gasteiger charge is 2.22. The van der Waals surface area contributed by atoms with Crippen LogP contribution in [0.2, 0.25) is 0 Å². The summed E-state index contributed by atoms with van der Waals surface area (Å²) in [7, 11) is 1.86. The quantitative estimate of drug-likeness (QED) is 0.666. The van der Waals surface area contributed by atoms with Gasteiger partial charge in [-0.05, 0) is 14.0 Å². The number of nitrogens with one attached hydrogen (secondary N) is 1. The van der Waals surface area contributed by atoms with Gasteiger partial charge in [0.05, 0.1) is 19.3 Å². The standard InChI is InChI=1S/C9H18N2O2/c1-8-7-13-6-5-11(8)9(12)3-4-10-2/h8,10H,3-7H2,1-2H3. The van der Waals surface area contributed by atoms with Crippen molar-refractivity contribution in [3.8, 4) is 0 Å². The fraction of sp³-hybridized carbons (Fsp3) is 0.889. The van der Waals surface area contributed by atoms with Crippen molar-refractivity contribution >= 4 is 5.91 Å². The topological polar surface area (TPSA) is 41.6 Å². The lowest BCUT2D eigenvalue weighted by Crippen LogP contribution is -2.47. The molecule has 4 heteroatoms. The smallest absolute Gasteiger partial charge is 0.224 e. The van der Waals surface area contributed by atoms with Gasteiger partial charge in [-0.3, -0.25) is 4.79 Å². The van der Waals surface area contributed by atoms with Gasteiger partial charge < -0.3 is 15.0 Å². The van der Waals surface area contributed by atoms with Crippen LogP contribution < -0.4 is 5.32 Å². The van der Waals surface area contributed by atoms with E-state index in [9.17, 15) is 4.79 Å².